The zero-order valence-electron chi connectivity index (χ0n) is 62.6. The number of amides is 7. The lowest BCUT2D eigenvalue weighted by molar-refractivity contribution is -0.156. The summed E-state index contributed by atoms with van der Waals surface area (Å²) in [6.07, 6.45) is 5.33. The minimum atomic E-state index is -1.03. The van der Waals surface area contributed by atoms with Gasteiger partial charge in [-0.2, -0.15) is 15.3 Å². The highest BCUT2D eigenvalue weighted by Crippen LogP contribution is 2.59. The standard InChI is InChI=1S/C23H23BrN6O3S.C14H17N3O3S.C13H16BrN3O.C10H9N3O3S.C9H8N2OS.C6H11BrO2/c1-12-5-6-18(24)26-21(12)27-22(33)15-9-23(2)10-17(23)30(15)19(31)11-29-14(16-4-3-7-34-16)8-13(28-29)20(25)32;1-14(2,3)20-12(18)8-17-10(11-5-4-6-21-11)7-9(16-17)13(15)19;1-7-3-4-10(14)16-11(7)17-12(18)8-5-13(2)6-9(13)15-8;11-10(16)6-4-7(8-2-1-3-17-8)13(12-6)5-9(14)15;10-9(12)7-4-6(5-11-7)8-2-1-3-13-8;1-6(2,3)9-5(8)4-7/h3-8,15,17H,9-11H2,1-2H3,(H2,25,32)(H,26,27,33);4-7H,8H2,1-3H3,(H2,15,19);3-4,8-9,15H,5-6H2,1-2H3,(H,16,17,18);1-4H,5H2,(H2,11,16)(H,14,15);1-4H,5H2,(H2,10,12);4H2,1-3H3/t15-,17+,23-;;8-,9+,13-;;;/m0.0.../s1. The Morgan fingerprint density at radius 2 is 1.01 bits per heavy atom. The third kappa shape index (κ3) is 23.4. The van der Waals surface area contributed by atoms with Gasteiger partial charge in [0.25, 0.3) is 23.6 Å². The number of likely N-dealkylation sites (tertiary alicyclic amines) is 1. The van der Waals surface area contributed by atoms with Crippen molar-refractivity contribution >= 4 is 175 Å². The smallest absolute Gasteiger partial charge is 0.328 e. The number of aryl methyl sites for hydroxylation is 2. The van der Waals surface area contributed by atoms with Crippen molar-refractivity contribution in [3.05, 3.63) is 161 Å². The van der Waals surface area contributed by atoms with Gasteiger partial charge in [-0.3, -0.25) is 67.0 Å². The number of hydrogen-bond donors (Lipinski definition) is 8. The van der Waals surface area contributed by atoms with Gasteiger partial charge in [0.1, 0.15) is 68.8 Å². The van der Waals surface area contributed by atoms with Gasteiger partial charge in [-0.15, -0.1) is 45.3 Å². The zero-order valence-corrected chi connectivity index (χ0v) is 70.6. The number of pyridine rings is 2. The molecule has 2 saturated heterocycles. The highest BCUT2D eigenvalue weighted by atomic mass is 79.9. The molecule has 592 valence electrons. The van der Waals surface area contributed by atoms with Crippen molar-refractivity contribution in [2.24, 2.45) is 38.8 Å². The molecule has 3 aliphatic heterocycles. The van der Waals surface area contributed by atoms with E-state index < -0.39 is 47.2 Å². The van der Waals surface area contributed by atoms with Crippen molar-refractivity contribution in [1.29, 1.82) is 0 Å². The van der Waals surface area contributed by atoms with E-state index in [-0.39, 0.29) is 88.8 Å². The number of rotatable bonds is 19. The van der Waals surface area contributed by atoms with E-state index >= 15 is 0 Å². The summed E-state index contributed by atoms with van der Waals surface area (Å²) in [4.78, 5) is 135. The highest BCUT2D eigenvalue weighted by Gasteiger charge is 2.64. The lowest BCUT2D eigenvalue weighted by Gasteiger charge is -2.27. The van der Waals surface area contributed by atoms with E-state index in [9.17, 15) is 47.9 Å². The molecule has 7 amide bonds. The van der Waals surface area contributed by atoms with Crippen LogP contribution in [0.2, 0.25) is 0 Å². The second-order valence-corrected chi connectivity index (χ2v) is 34.9. The number of carbonyl (C=O) groups excluding carboxylic acids is 9. The maximum Gasteiger partial charge on any atom is 0.328 e. The number of alkyl halides is 1. The average molecular weight is 1800 g/mol. The van der Waals surface area contributed by atoms with Gasteiger partial charge < -0.3 is 58.4 Å². The van der Waals surface area contributed by atoms with Crippen LogP contribution in [0, 0.1) is 24.7 Å². The van der Waals surface area contributed by atoms with Crippen LogP contribution in [0.5, 0.6) is 0 Å². The van der Waals surface area contributed by atoms with Crippen LogP contribution in [0.25, 0.3) is 37.3 Å². The largest absolute Gasteiger partial charge is 0.480 e. The number of anilines is 2. The molecule has 14 rings (SSSR count). The maximum absolute atomic E-state index is 13.5. The number of carboxylic acids is 1. The number of ether oxygens (including phenoxy) is 2. The molecule has 112 heavy (non-hydrogen) atoms. The molecule has 12 heterocycles. The summed E-state index contributed by atoms with van der Waals surface area (Å²) in [5, 5.41) is 38.1. The van der Waals surface area contributed by atoms with Crippen LogP contribution in [0.1, 0.15) is 129 Å². The van der Waals surface area contributed by atoms with Gasteiger partial charge in [0.15, 0.2) is 17.1 Å². The second kappa shape index (κ2) is 36.8. The number of nitrogens with one attached hydrogen (secondary N) is 3. The number of piperidine rings is 2. The van der Waals surface area contributed by atoms with Crippen molar-refractivity contribution in [3.63, 3.8) is 0 Å². The molecule has 2 aliphatic carbocycles. The SMILES string of the molecule is CC(C)(C)OC(=O)CBr.CC(C)(C)OC(=O)Cn1nc(C(N)=O)cc1-c1cccs1.Cc1ccc(Br)nc1NC(=O)[C@@H]1C[C@@]2(C)C[C@H]2N1.Cc1ccc(Br)nc1NC(=O)[C@@H]1C[C@@]2(C)C[C@H]2N1C(=O)Cn1nc(C(N)=O)cc1-c1cccs1.NC(=O)C1=NCC(c2cccs2)=C1.NC(=O)c1cc(-c2cccs2)n(CC(=O)O)n1. The van der Waals surface area contributed by atoms with Gasteiger partial charge in [-0.25, -0.2) is 9.97 Å². The molecule has 0 bridgehead atoms. The van der Waals surface area contributed by atoms with E-state index in [0.29, 0.717) is 63.5 Å². The summed E-state index contributed by atoms with van der Waals surface area (Å²) in [6, 6.07) is 27.2. The summed E-state index contributed by atoms with van der Waals surface area (Å²) < 4.78 is 15.7. The lowest BCUT2D eigenvalue weighted by Crippen LogP contribution is -2.47. The minimum Gasteiger partial charge on any atom is -0.480 e. The fourth-order valence-electron chi connectivity index (χ4n) is 12.1. The molecule has 0 spiro atoms. The molecule has 9 aromatic rings. The molecular weight excluding hydrogens is 1710 g/mol. The number of aliphatic imine (C=N–C) groups is 1. The van der Waals surface area contributed by atoms with Gasteiger partial charge in [-0.1, -0.05) is 66.2 Å². The minimum absolute atomic E-state index is 0.00340. The van der Waals surface area contributed by atoms with Gasteiger partial charge in [-0.05, 0) is 223 Å². The molecule has 2 saturated carbocycles. The van der Waals surface area contributed by atoms with Crippen LogP contribution in [0.4, 0.5) is 11.6 Å². The third-order valence-corrected chi connectivity index (χ3v) is 22.6. The predicted molar refractivity (Wildman–Crippen MR) is 440 cm³/mol. The number of carboxylic acid groups (broad SMARTS) is 1. The highest BCUT2D eigenvalue weighted by molar-refractivity contribution is 9.10. The predicted octanol–water partition coefficient (Wildman–Crippen LogP) is 11.1. The fraction of sp³-hybridized carbons (Fsp3) is 0.360. The van der Waals surface area contributed by atoms with Crippen LogP contribution in [-0.2, 0) is 62.7 Å². The monoisotopic (exact) mass is 1800 g/mol. The Hall–Kier alpha value is -9.76. The van der Waals surface area contributed by atoms with Crippen molar-refractivity contribution in [3.8, 4) is 31.7 Å². The van der Waals surface area contributed by atoms with E-state index in [4.69, 9.17) is 37.5 Å². The Balaban J connectivity index is 0.000000162. The average Bonchev–Trinajstić information content (AvgIpc) is 1.54. The van der Waals surface area contributed by atoms with Crippen LogP contribution in [-0.4, -0.2) is 162 Å². The first-order chi connectivity index (χ1) is 52.7. The number of aromatic nitrogens is 8. The summed E-state index contributed by atoms with van der Waals surface area (Å²) in [6.45, 7) is 19.2. The Bertz CT molecular complexity index is 5030. The Morgan fingerprint density at radius 1 is 0.571 bits per heavy atom. The lowest BCUT2D eigenvalue weighted by atomic mass is 10.0. The summed E-state index contributed by atoms with van der Waals surface area (Å²) in [7, 11) is 0. The fourth-order valence-corrected chi connectivity index (χ4v) is 15.8. The molecule has 4 fully saturated rings. The maximum atomic E-state index is 13.5. The first-order valence-corrected chi connectivity index (χ1v) is 40.9. The number of halogens is 3. The number of aliphatic carboxylic acids is 1. The molecule has 9 aromatic heterocycles. The normalized spacial score (nSPS) is 18.7. The van der Waals surface area contributed by atoms with Crippen LogP contribution >= 0.6 is 93.1 Å². The Kier molecular flexibility index (Phi) is 28.3. The van der Waals surface area contributed by atoms with E-state index in [0.717, 1.165) is 53.7 Å². The number of primary amides is 4. The molecule has 0 aromatic carbocycles. The van der Waals surface area contributed by atoms with E-state index in [1.807, 2.05) is 129 Å². The number of nitrogens with two attached hydrogens (primary N) is 4. The summed E-state index contributed by atoms with van der Waals surface area (Å²) >= 11 is 15.7. The quantitative estimate of drug-likeness (QED) is 0.0212. The number of carbonyl (C=O) groups is 10. The van der Waals surface area contributed by atoms with Crippen molar-refractivity contribution in [2.45, 2.75) is 150 Å². The van der Waals surface area contributed by atoms with Crippen molar-refractivity contribution < 1.29 is 62.5 Å². The summed E-state index contributed by atoms with van der Waals surface area (Å²) in [5.41, 5.74) is 25.7. The Morgan fingerprint density at radius 3 is 1.39 bits per heavy atom. The second-order valence-electron chi connectivity index (χ2n) is 29.0. The van der Waals surface area contributed by atoms with Gasteiger partial charge in [0.05, 0.1) is 44.3 Å². The molecular formula is C75H84Br3N17O13S4. The number of fused-ring (bicyclic) bond motifs is 2. The molecule has 5 aliphatic rings. The van der Waals surface area contributed by atoms with Crippen LogP contribution in [0.15, 0.2) is 133 Å². The molecule has 6 atom stereocenters. The molecule has 30 nitrogen and oxygen atoms in total. The molecule has 0 unspecified atom stereocenters. The van der Waals surface area contributed by atoms with Crippen LogP contribution in [0.3, 0.4) is 0 Å². The van der Waals surface area contributed by atoms with E-state index in [2.05, 4.69) is 108 Å². The number of hydrogen-bond acceptors (Lipinski definition) is 23. The number of nitrogens with zero attached hydrogens (tertiary/aromatic N) is 10. The van der Waals surface area contributed by atoms with Gasteiger partial charge in [0, 0.05) is 17.0 Å². The topological polar surface area (TPSA) is 444 Å². The number of thiophene rings is 4. The van der Waals surface area contributed by atoms with Crippen LogP contribution < -0.4 is 38.9 Å². The molecule has 37 heteroatoms. The van der Waals surface area contributed by atoms with Gasteiger partial charge in [0.2, 0.25) is 17.7 Å². The summed E-state index contributed by atoms with van der Waals surface area (Å²) in [5.74, 6) is -3.42. The van der Waals surface area contributed by atoms with Gasteiger partial charge >= 0.3 is 17.9 Å². The third-order valence-electron chi connectivity index (χ3n) is 17.6. The van der Waals surface area contributed by atoms with Crippen molar-refractivity contribution in [2.75, 3.05) is 22.5 Å². The number of esters is 2. The Labute approximate surface area is 686 Å². The first-order valence-electron chi connectivity index (χ1n) is 34.7. The molecule has 12 N–H and O–H groups in total. The zero-order chi connectivity index (χ0) is 81.9. The van der Waals surface area contributed by atoms with Crippen molar-refractivity contribution in [1.82, 2.24) is 49.5 Å². The first kappa shape index (κ1) is 86.2. The molecule has 0 radical (unpaired) electrons. The van der Waals surface area contributed by atoms with E-state index in [1.165, 1.54) is 60.5 Å². The van der Waals surface area contributed by atoms with E-state index in [1.54, 1.807) is 55.2 Å².